The largest absolute Gasteiger partial charge is 0.554 e. The van der Waals surface area contributed by atoms with Crippen LogP contribution in [0.5, 0.6) is 0 Å². The molecule has 4 aliphatic rings. The summed E-state index contributed by atoms with van der Waals surface area (Å²) in [6.45, 7) is 3.33. The van der Waals surface area contributed by atoms with Crippen molar-refractivity contribution >= 4 is 12.4 Å². The summed E-state index contributed by atoms with van der Waals surface area (Å²) in [4.78, 5) is 25.8. The molecule has 0 spiro atoms. The number of piperidine rings is 3. The van der Waals surface area contributed by atoms with Crippen molar-refractivity contribution < 1.29 is 28.7 Å². The average Bonchev–Trinajstić information content (AvgIpc) is 3.47. The number of carbonyl (C=O) groups excluding carboxylic acids is 2. The number of oxazole rings is 1. The van der Waals surface area contributed by atoms with Gasteiger partial charge in [-0.05, 0) is 36.5 Å². The van der Waals surface area contributed by atoms with Gasteiger partial charge in [0.2, 0.25) is 5.89 Å². The molecule has 3 aliphatic heterocycles. The molecule has 0 radical (unpaired) electrons. The third-order valence-corrected chi connectivity index (χ3v) is 9.23. The zero-order valence-corrected chi connectivity index (χ0v) is 22.9. The topological polar surface area (TPSA) is 115 Å². The number of nitrogens with one attached hydrogen (secondary N) is 1. The fraction of sp³-hybridized carbons (Fsp3) is 0.469. The van der Waals surface area contributed by atoms with Crippen LogP contribution in [0.2, 0.25) is 0 Å². The smallest absolute Gasteiger partial charge is 0.251 e. The van der Waals surface area contributed by atoms with Gasteiger partial charge in [0.15, 0.2) is 11.4 Å². The van der Waals surface area contributed by atoms with Crippen molar-refractivity contribution in [2.75, 3.05) is 19.6 Å². The number of quaternary nitrogens is 1. The lowest BCUT2D eigenvalue weighted by molar-refractivity contribution is -0.956. The van der Waals surface area contributed by atoms with Gasteiger partial charge in [-0.1, -0.05) is 67.8 Å². The number of amides is 1. The van der Waals surface area contributed by atoms with E-state index in [-0.39, 0.29) is 17.9 Å². The van der Waals surface area contributed by atoms with Crippen molar-refractivity contribution in [3.05, 3.63) is 89.6 Å². The molecule has 3 saturated heterocycles. The molecule has 1 aromatic heterocycles. The van der Waals surface area contributed by atoms with Gasteiger partial charge in [-0.25, -0.2) is 4.98 Å². The highest BCUT2D eigenvalue weighted by molar-refractivity contribution is 5.94. The van der Waals surface area contributed by atoms with Gasteiger partial charge in [0.25, 0.3) is 5.91 Å². The minimum absolute atomic E-state index is 0.0138. The van der Waals surface area contributed by atoms with Crippen LogP contribution in [-0.2, 0) is 16.9 Å². The summed E-state index contributed by atoms with van der Waals surface area (Å²) in [5, 5.41) is 23.7. The van der Waals surface area contributed by atoms with Crippen LogP contribution in [0.1, 0.15) is 72.5 Å². The Kier molecular flexibility index (Phi) is 8.66. The molecule has 2 aromatic carbocycles. The van der Waals surface area contributed by atoms with Crippen molar-refractivity contribution in [1.82, 2.24) is 10.3 Å². The van der Waals surface area contributed by atoms with E-state index in [2.05, 4.69) is 5.32 Å². The van der Waals surface area contributed by atoms with Crippen LogP contribution >= 0.6 is 0 Å². The summed E-state index contributed by atoms with van der Waals surface area (Å²) in [6.07, 6.45) is 9.49. The minimum Gasteiger partial charge on any atom is -0.554 e. The first-order valence-corrected chi connectivity index (χ1v) is 14.5. The molecule has 2 bridgehead atoms. The number of carbonyl (C=O) groups is 2. The number of benzene rings is 2. The lowest BCUT2D eigenvalue weighted by atomic mass is 9.73. The SMILES string of the molecule is O=C(NC1C[N+]2(Cc3cnc([C@](O)(c4ccccc4)C4CCCCC4)o3)CCC1CC2)c1ccccc1.O=C[O-]. The van der Waals surface area contributed by atoms with Gasteiger partial charge in [-0.3, -0.25) is 4.79 Å². The van der Waals surface area contributed by atoms with E-state index >= 15 is 0 Å². The molecule has 2 atom stereocenters. The Labute approximate surface area is 235 Å². The summed E-state index contributed by atoms with van der Waals surface area (Å²) in [6, 6.07) is 19.6. The van der Waals surface area contributed by atoms with Crippen LogP contribution in [0.3, 0.4) is 0 Å². The monoisotopic (exact) mass is 545 g/mol. The maximum absolute atomic E-state index is 12.9. The van der Waals surface area contributed by atoms with Gasteiger partial charge in [-0.15, -0.1) is 0 Å². The standard InChI is InChI=1S/C31H37N3O3.CH2O2/c35-29(24-10-4-1-5-11-24)33-28-22-34(18-16-23(28)17-19-34)21-27-20-32-30(37-27)31(36,25-12-6-2-7-13-25)26-14-8-3-9-15-26;2-1-3/h1-2,4-7,10-13,20,23,26,28,36H,3,8-9,14-19,21-22H2;1H,(H,2,3)/t23?,28?,31-,34?;/m0./s1. The highest BCUT2D eigenvalue weighted by Crippen LogP contribution is 2.44. The van der Waals surface area contributed by atoms with Gasteiger partial charge < -0.3 is 29.2 Å². The highest BCUT2D eigenvalue weighted by Gasteiger charge is 2.48. The average molecular weight is 546 g/mol. The first kappa shape index (κ1) is 28.1. The molecule has 1 unspecified atom stereocenters. The van der Waals surface area contributed by atoms with Crippen LogP contribution in [0.15, 0.2) is 71.3 Å². The fourth-order valence-corrected chi connectivity index (χ4v) is 7.15. The van der Waals surface area contributed by atoms with Crippen molar-refractivity contribution in [2.24, 2.45) is 11.8 Å². The molecular weight excluding hydrogens is 506 g/mol. The second kappa shape index (κ2) is 12.4. The predicted octanol–water partition coefficient (Wildman–Crippen LogP) is 3.40. The summed E-state index contributed by atoms with van der Waals surface area (Å²) in [5.41, 5.74) is 0.374. The van der Waals surface area contributed by atoms with Crippen molar-refractivity contribution in [3.63, 3.8) is 0 Å². The second-order valence-corrected chi connectivity index (χ2v) is 11.6. The molecule has 40 heavy (non-hydrogen) atoms. The number of nitrogens with zero attached hydrogens (tertiary/aromatic N) is 2. The zero-order valence-electron chi connectivity index (χ0n) is 22.9. The Morgan fingerprint density at radius 2 is 1.65 bits per heavy atom. The predicted molar refractivity (Wildman–Crippen MR) is 148 cm³/mol. The number of hydrogen-bond donors (Lipinski definition) is 2. The third kappa shape index (κ3) is 5.83. The van der Waals surface area contributed by atoms with Gasteiger partial charge in [0, 0.05) is 30.8 Å². The van der Waals surface area contributed by atoms with Crippen molar-refractivity contribution in [1.29, 1.82) is 0 Å². The molecule has 4 heterocycles. The summed E-state index contributed by atoms with van der Waals surface area (Å²) in [7, 11) is 0. The molecule has 3 aromatic rings. The lowest BCUT2D eigenvalue weighted by Crippen LogP contribution is -2.66. The fourth-order valence-electron chi connectivity index (χ4n) is 7.15. The molecule has 4 fully saturated rings. The Hall–Kier alpha value is -3.49. The number of aliphatic hydroxyl groups is 1. The normalized spacial score (nSPS) is 25.7. The van der Waals surface area contributed by atoms with Crippen LogP contribution in [0, 0.1) is 11.8 Å². The van der Waals surface area contributed by atoms with Crippen molar-refractivity contribution in [3.8, 4) is 0 Å². The van der Waals surface area contributed by atoms with E-state index in [1.807, 2.05) is 66.9 Å². The van der Waals surface area contributed by atoms with E-state index < -0.39 is 12.1 Å². The Morgan fingerprint density at radius 1 is 1.02 bits per heavy atom. The first-order chi connectivity index (χ1) is 19.5. The minimum atomic E-state index is -1.21. The quantitative estimate of drug-likeness (QED) is 0.347. The number of hydrogen-bond acceptors (Lipinski definition) is 6. The van der Waals surface area contributed by atoms with E-state index in [9.17, 15) is 9.90 Å². The number of fused-ring (bicyclic) bond motifs is 3. The molecule has 1 amide bonds. The van der Waals surface area contributed by atoms with Crippen LogP contribution in [0.25, 0.3) is 0 Å². The molecule has 2 N–H and O–H groups in total. The third-order valence-electron chi connectivity index (χ3n) is 9.23. The van der Waals surface area contributed by atoms with Gasteiger partial charge >= 0.3 is 0 Å². The van der Waals surface area contributed by atoms with Gasteiger partial charge in [0.1, 0.15) is 6.54 Å². The summed E-state index contributed by atoms with van der Waals surface area (Å²) < 4.78 is 7.33. The molecule has 1 saturated carbocycles. The maximum atomic E-state index is 12.9. The van der Waals surface area contributed by atoms with Crippen LogP contribution in [-0.4, -0.2) is 52.6 Å². The number of aromatic nitrogens is 1. The van der Waals surface area contributed by atoms with Crippen molar-refractivity contribution in [2.45, 2.75) is 63.1 Å². The first-order valence-electron chi connectivity index (χ1n) is 14.5. The van der Waals surface area contributed by atoms with Crippen LogP contribution < -0.4 is 10.4 Å². The van der Waals surface area contributed by atoms with Gasteiger partial charge in [0.05, 0.1) is 31.9 Å². The Balaban J connectivity index is 0.00000103. The molecular formula is C32H39N3O5. The van der Waals surface area contributed by atoms with E-state index in [0.717, 1.165) is 80.5 Å². The van der Waals surface area contributed by atoms with E-state index in [4.69, 9.17) is 19.3 Å². The Morgan fingerprint density at radius 3 is 2.30 bits per heavy atom. The van der Waals surface area contributed by atoms with E-state index in [0.29, 0.717) is 17.4 Å². The Bertz CT molecular complexity index is 1250. The zero-order chi connectivity index (χ0) is 28.0. The van der Waals surface area contributed by atoms with E-state index in [1.54, 1.807) is 0 Å². The van der Waals surface area contributed by atoms with Gasteiger partial charge in [-0.2, -0.15) is 0 Å². The van der Waals surface area contributed by atoms with E-state index in [1.165, 1.54) is 6.42 Å². The molecule has 212 valence electrons. The number of carboxylic acid groups (broad SMARTS) is 1. The lowest BCUT2D eigenvalue weighted by Gasteiger charge is -2.52. The molecule has 8 nitrogen and oxygen atoms in total. The number of rotatable bonds is 7. The molecule has 1 aliphatic carbocycles. The highest BCUT2D eigenvalue weighted by atomic mass is 16.4. The molecule has 7 rings (SSSR count). The summed E-state index contributed by atoms with van der Waals surface area (Å²) >= 11 is 0. The summed E-state index contributed by atoms with van der Waals surface area (Å²) in [5.74, 6) is 1.91. The van der Waals surface area contributed by atoms with Crippen LogP contribution in [0.4, 0.5) is 0 Å². The second-order valence-electron chi connectivity index (χ2n) is 11.6. The molecule has 8 heteroatoms. The maximum Gasteiger partial charge on any atom is 0.251 e.